The minimum absolute atomic E-state index is 0.0519. The van der Waals surface area contributed by atoms with Crippen LogP contribution in [-0.4, -0.2) is 66.3 Å². The van der Waals surface area contributed by atoms with Crippen LogP contribution in [0.5, 0.6) is 0 Å². The van der Waals surface area contributed by atoms with Crippen LogP contribution >= 0.6 is 7.82 Å². The molecule has 3 atom stereocenters. The Morgan fingerprint density at radius 1 is 0.625 bits per heavy atom. The molecule has 0 bridgehead atoms. The summed E-state index contributed by atoms with van der Waals surface area (Å²) in [5, 5.41) is 18.3. The van der Waals surface area contributed by atoms with Gasteiger partial charge in [0.2, 0.25) is 0 Å². The quantitative estimate of drug-likeness (QED) is 0.0248. The lowest BCUT2D eigenvalue weighted by atomic mass is 10.1. The highest BCUT2D eigenvalue weighted by Gasteiger charge is 2.26. The third-order valence-corrected chi connectivity index (χ3v) is 9.40. The number of phosphoric ester groups is 1. The third kappa shape index (κ3) is 35.0. The zero-order valence-electron chi connectivity index (χ0n) is 31.0. The van der Waals surface area contributed by atoms with E-state index >= 15 is 0 Å². The number of carbonyl (C=O) groups excluding carboxylic acids is 1. The Kier molecular flexibility index (Phi) is 35.4. The fraction of sp³-hybridized carbons (Fsp3) is 0.921. The molecule has 48 heavy (non-hydrogen) atoms. The molecule has 0 amide bonds. The first kappa shape index (κ1) is 47.2. The smallest absolute Gasteiger partial charge is 0.457 e. The van der Waals surface area contributed by atoms with Crippen molar-refractivity contribution < 1.29 is 43.0 Å². The molecule has 0 aliphatic heterocycles. The van der Waals surface area contributed by atoms with Crippen molar-refractivity contribution in [2.75, 3.05) is 33.0 Å². The van der Waals surface area contributed by atoms with Gasteiger partial charge in [0.1, 0.15) is 12.2 Å². The van der Waals surface area contributed by atoms with Crippen molar-refractivity contribution in [3.63, 3.8) is 0 Å². The van der Waals surface area contributed by atoms with Gasteiger partial charge in [0.05, 0.1) is 26.4 Å². The third-order valence-electron chi connectivity index (χ3n) is 8.45. The Morgan fingerprint density at radius 3 is 1.56 bits per heavy atom. The number of aliphatic hydroxyl groups excluding tert-OH is 2. The highest BCUT2D eigenvalue weighted by molar-refractivity contribution is 7.47. The zero-order valence-corrected chi connectivity index (χ0v) is 31.9. The molecule has 0 radical (unpaired) electrons. The maximum atomic E-state index is 12.5. The zero-order chi connectivity index (χ0) is 35.4. The summed E-state index contributed by atoms with van der Waals surface area (Å²) in [7, 11) is -4.50. The second kappa shape index (κ2) is 36.0. The van der Waals surface area contributed by atoms with E-state index in [-0.39, 0.29) is 25.6 Å². The molecule has 3 N–H and O–H groups in total. The van der Waals surface area contributed by atoms with E-state index in [1.165, 1.54) is 122 Å². The first-order valence-corrected chi connectivity index (χ1v) is 21.2. The van der Waals surface area contributed by atoms with E-state index in [0.29, 0.717) is 6.61 Å². The largest absolute Gasteiger partial charge is 0.472 e. The summed E-state index contributed by atoms with van der Waals surface area (Å²) >= 11 is 0. The van der Waals surface area contributed by atoms with Gasteiger partial charge in [-0.15, -0.1) is 0 Å². The Labute approximate surface area is 294 Å². The molecule has 0 saturated heterocycles. The first-order chi connectivity index (χ1) is 23.3. The fourth-order valence-corrected chi connectivity index (χ4v) is 6.20. The molecule has 0 fully saturated rings. The topological polar surface area (TPSA) is 132 Å². The number of hydrogen-bond donors (Lipinski definition) is 3. The van der Waals surface area contributed by atoms with E-state index in [2.05, 4.69) is 26.0 Å². The van der Waals surface area contributed by atoms with Crippen molar-refractivity contribution in [1.29, 1.82) is 0 Å². The molecule has 0 spiro atoms. The molecule has 9 nitrogen and oxygen atoms in total. The summed E-state index contributed by atoms with van der Waals surface area (Å²) in [6.07, 6.45) is 33.1. The van der Waals surface area contributed by atoms with Gasteiger partial charge < -0.3 is 24.6 Å². The molecule has 0 saturated carbocycles. The number of unbranched alkanes of at least 4 members (excludes halogenated alkanes) is 22. The Bertz CT molecular complexity index is 764. The lowest BCUT2D eigenvalue weighted by molar-refractivity contribution is -0.154. The molecular formula is C38H75O9P. The maximum Gasteiger partial charge on any atom is 0.472 e. The lowest BCUT2D eigenvalue weighted by Crippen LogP contribution is -2.29. The van der Waals surface area contributed by atoms with Gasteiger partial charge >= 0.3 is 13.8 Å². The van der Waals surface area contributed by atoms with Gasteiger partial charge in [-0.3, -0.25) is 13.8 Å². The number of ether oxygens (including phenoxy) is 2. The molecule has 0 aromatic carbocycles. The number of aliphatic hydroxyl groups is 2. The molecule has 3 unspecified atom stereocenters. The van der Waals surface area contributed by atoms with Gasteiger partial charge in [-0.05, 0) is 38.5 Å². The summed E-state index contributed by atoms with van der Waals surface area (Å²) in [5.74, 6) is -0.386. The van der Waals surface area contributed by atoms with E-state index < -0.39 is 33.2 Å². The van der Waals surface area contributed by atoms with Crippen LogP contribution in [0.4, 0.5) is 0 Å². The Morgan fingerprint density at radius 2 is 1.06 bits per heavy atom. The SMILES string of the molecule is CCCCCCCCC/C=C\CCCCCCCCCC(=O)OC(COCCCCCCCCCCC)COP(=O)(O)OCC(O)CO. The van der Waals surface area contributed by atoms with Crippen molar-refractivity contribution in [3.8, 4) is 0 Å². The van der Waals surface area contributed by atoms with Crippen molar-refractivity contribution in [3.05, 3.63) is 12.2 Å². The van der Waals surface area contributed by atoms with Gasteiger partial charge in [-0.2, -0.15) is 0 Å². The summed E-state index contributed by atoms with van der Waals surface area (Å²) in [6.45, 7) is 3.51. The van der Waals surface area contributed by atoms with Gasteiger partial charge in [0, 0.05) is 13.0 Å². The van der Waals surface area contributed by atoms with Gasteiger partial charge in [-0.1, -0.05) is 148 Å². The molecule has 0 rings (SSSR count). The minimum atomic E-state index is -4.50. The van der Waals surface area contributed by atoms with Crippen LogP contribution < -0.4 is 0 Å². The predicted octanol–water partition coefficient (Wildman–Crippen LogP) is 10.1. The summed E-state index contributed by atoms with van der Waals surface area (Å²) in [6, 6.07) is 0. The standard InChI is InChI=1S/C38H75O9P/c1-3-5-7-9-11-13-14-15-16-17-18-19-20-21-22-24-26-28-30-38(41)47-37(35-46-48(42,43)45-33-36(40)32-39)34-44-31-29-27-25-23-12-10-8-6-4-2/h16-17,36-37,39-40H,3-15,18-35H2,1-2H3,(H,42,43)/b17-16-. The van der Waals surface area contributed by atoms with E-state index in [1.54, 1.807) is 0 Å². The highest BCUT2D eigenvalue weighted by Crippen LogP contribution is 2.43. The van der Waals surface area contributed by atoms with E-state index in [1.807, 2.05) is 0 Å². The molecule has 0 aliphatic carbocycles. The van der Waals surface area contributed by atoms with Crippen LogP contribution in [0.2, 0.25) is 0 Å². The predicted molar refractivity (Wildman–Crippen MR) is 196 cm³/mol. The van der Waals surface area contributed by atoms with Crippen LogP contribution in [0, 0.1) is 0 Å². The van der Waals surface area contributed by atoms with Crippen LogP contribution in [0.15, 0.2) is 12.2 Å². The Hall–Kier alpha value is -0.800. The number of esters is 1. The first-order valence-electron chi connectivity index (χ1n) is 19.7. The van der Waals surface area contributed by atoms with Crippen LogP contribution in [0.1, 0.15) is 181 Å². The maximum absolute atomic E-state index is 12.5. The molecule has 10 heteroatoms. The van der Waals surface area contributed by atoms with Crippen molar-refractivity contribution in [2.45, 2.75) is 193 Å². The normalized spacial score (nSPS) is 14.4. The van der Waals surface area contributed by atoms with Crippen LogP contribution in [0.3, 0.4) is 0 Å². The number of carbonyl (C=O) groups is 1. The molecule has 0 aliphatic rings. The number of allylic oxidation sites excluding steroid dienone is 2. The van der Waals surface area contributed by atoms with Gasteiger partial charge in [-0.25, -0.2) is 4.57 Å². The molecule has 0 aromatic rings. The van der Waals surface area contributed by atoms with Gasteiger partial charge in [0.15, 0.2) is 0 Å². The second-order valence-electron chi connectivity index (χ2n) is 13.3. The van der Waals surface area contributed by atoms with E-state index in [9.17, 15) is 19.4 Å². The average Bonchev–Trinajstić information content (AvgIpc) is 3.07. The monoisotopic (exact) mass is 707 g/mol. The van der Waals surface area contributed by atoms with Crippen molar-refractivity contribution in [2.24, 2.45) is 0 Å². The number of hydrogen-bond acceptors (Lipinski definition) is 8. The summed E-state index contributed by atoms with van der Waals surface area (Å²) in [5.41, 5.74) is 0. The summed E-state index contributed by atoms with van der Waals surface area (Å²) < 4.78 is 33.2. The second-order valence-corrected chi connectivity index (χ2v) is 14.8. The average molecular weight is 707 g/mol. The molecule has 0 heterocycles. The highest BCUT2D eigenvalue weighted by atomic mass is 31.2. The van der Waals surface area contributed by atoms with Crippen LogP contribution in [-0.2, 0) is 27.9 Å². The van der Waals surface area contributed by atoms with Crippen LogP contribution in [0.25, 0.3) is 0 Å². The molecular weight excluding hydrogens is 631 g/mol. The van der Waals surface area contributed by atoms with E-state index in [4.69, 9.17) is 23.6 Å². The Balaban J connectivity index is 4.14. The minimum Gasteiger partial charge on any atom is -0.457 e. The van der Waals surface area contributed by atoms with Gasteiger partial charge in [0.25, 0.3) is 0 Å². The lowest BCUT2D eigenvalue weighted by Gasteiger charge is -2.20. The summed E-state index contributed by atoms with van der Waals surface area (Å²) in [4.78, 5) is 22.4. The van der Waals surface area contributed by atoms with Crippen molar-refractivity contribution >= 4 is 13.8 Å². The number of phosphoric acid groups is 1. The number of rotatable bonds is 38. The van der Waals surface area contributed by atoms with Crippen molar-refractivity contribution in [1.82, 2.24) is 0 Å². The van der Waals surface area contributed by atoms with E-state index in [0.717, 1.165) is 38.5 Å². The molecule has 286 valence electrons. The fourth-order valence-electron chi connectivity index (χ4n) is 5.41. The molecule has 0 aromatic heterocycles.